The molecule has 1 aliphatic rings. The average Bonchev–Trinajstić information content (AvgIpc) is 3.18. The van der Waals surface area contributed by atoms with Crippen LogP contribution in [0.4, 0.5) is 18.0 Å². The molecule has 2 aromatic rings. The summed E-state index contributed by atoms with van der Waals surface area (Å²) in [6, 6.07) is 3.26. The first-order valence-electron chi connectivity index (χ1n) is 6.99. The summed E-state index contributed by atoms with van der Waals surface area (Å²) in [5, 5.41) is 1.65. The lowest BCUT2D eigenvalue weighted by molar-refractivity contribution is -0.141. The molecule has 1 fully saturated rings. The van der Waals surface area contributed by atoms with Gasteiger partial charge in [-0.25, -0.2) is 9.78 Å². The Bertz CT molecular complexity index is 775. The molecule has 23 heavy (non-hydrogen) atoms. The third-order valence-corrected chi connectivity index (χ3v) is 4.19. The van der Waals surface area contributed by atoms with E-state index in [0.29, 0.717) is 17.9 Å². The van der Waals surface area contributed by atoms with Gasteiger partial charge in [-0.1, -0.05) is 6.07 Å². The molecule has 0 atom stereocenters. The van der Waals surface area contributed by atoms with Crippen molar-refractivity contribution in [3.63, 3.8) is 0 Å². The van der Waals surface area contributed by atoms with Crippen LogP contribution in [-0.4, -0.2) is 33.6 Å². The fraction of sp³-hybridized carbons (Fsp3) is 0.357. The van der Waals surface area contributed by atoms with Crippen molar-refractivity contribution in [3.05, 3.63) is 40.3 Å². The van der Waals surface area contributed by atoms with E-state index in [1.165, 1.54) is 28.0 Å². The number of urea groups is 1. The number of pyridine rings is 1. The van der Waals surface area contributed by atoms with Crippen LogP contribution in [-0.2, 0) is 6.18 Å². The highest BCUT2D eigenvalue weighted by Gasteiger charge is 2.32. The van der Waals surface area contributed by atoms with Crippen LogP contribution in [0.15, 0.2) is 34.8 Å². The summed E-state index contributed by atoms with van der Waals surface area (Å²) in [5.74, 6) is 0.0778. The highest BCUT2D eigenvalue weighted by Crippen LogP contribution is 2.27. The zero-order valence-corrected chi connectivity index (χ0v) is 12.8. The van der Waals surface area contributed by atoms with Gasteiger partial charge in [0.1, 0.15) is 11.5 Å². The Hall–Kier alpha value is -2.16. The van der Waals surface area contributed by atoms with E-state index in [0.717, 1.165) is 18.9 Å². The van der Waals surface area contributed by atoms with Crippen LogP contribution < -0.4 is 4.80 Å². The fourth-order valence-corrected chi connectivity index (χ4v) is 3.01. The Morgan fingerprint density at radius 3 is 2.70 bits per heavy atom. The van der Waals surface area contributed by atoms with Gasteiger partial charge in [-0.15, -0.1) is 11.3 Å². The molecule has 2 aromatic heterocycles. The molecule has 5 nitrogen and oxygen atoms in total. The van der Waals surface area contributed by atoms with Crippen LogP contribution in [0.25, 0.3) is 5.82 Å². The second-order valence-corrected chi connectivity index (χ2v) is 5.90. The van der Waals surface area contributed by atoms with E-state index in [1.807, 2.05) is 0 Å². The first kappa shape index (κ1) is 15.7. The molecule has 0 unspecified atom stereocenters. The molecule has 0 radical (unpaired) electrons. The number of aromatic nitrogens is 2. The molecular formula is C14H13F3N4OS. The van der Waals surface area contributed by atoms with Crippen molar-refractivity contribution in [3.8, 4) is 5.82 Å². The minimum Gasteiger partial charge on any atom is -0.323 e. The maximum absolute atomic E-state index is 12.8. The number of halogens is 3. The second kappa shape index (κ2) is 6.15. The molecule has 0 aliphatic carbocycles. The number of amides is 2. The van der Waals surface area contributed by atoms with Gasteiger partial charge in [0.05, 0.1) is 0 Å². The third kappa shape index (κ3) is 3.44. The minimum atomic E-state index is -4.52. The van der Waals surface area contributed by atoms with E-state index in [-0.39, 0.29) is 11.8 Å². The lowest BCUT2D eigenvalue weighted by atomic mass is 10.3. The zero-order valence-electron chi connectivity index (χ0n) is 12.0. The SMILES string of the molecule is O=C(/N=c1\sccn1-c1cccc(C(F)(F)F)n1)N1CCCC1. The molecule has 9 heteroatoms. The summed E-state index contributed by atoms with van der Waals surface area (Å²) in [5.41, 5.74) is -0.981. The van der Waals surface area contributed by atoms with Crippen LogP contribution in [0.2, 0.25) is 0 Å². The summed E-state index contributed by atoms with van der Waals surface area (Å²) >= 11 is 1.17. The average molecular weight is 342 g/mol. The largest absolute Gasteiger partial charge is 0.433 e. The van der Waals surface area contributed by atoms with Crippen molar-refractivity contribution in [2.24, 2.45) is 4.99 Å². The van der Waals surface area contributed by atoms with Gasteiger partial charge in [0.25, 0.3) is 0 Å². The first-order valence-corrected chi connectivity index (χ1v) is 7.87. The third-order valence-electron chi connectivity index (χ3n) is 3.43. The number of nitrogens with zero attached hydrogens (tertiary/aromatic N) is 4. The minimum absolute atomic E-state index is 0.0778. The molecule has 2 amide bonds. The van der Waals surface area contributed by atoms with Crippen LogP contribution in [0.5, 0.6) is 0 Å². The predicted molar refractivity (Wildman–Crippen MR) is 78.2 cm³/mol. The summed E-state index contributed by atoms with van der Waals surface area (Å²) in [6.07, 6.45) is -1.08. The van der Waals surface area contributed by atoms with Crippen LogP contribution in [0.3, 0.4) is 0 Å². The van der Waals surface area contributed by atoms with Crippen molar-refractivity contribution in [2.75, 3.05) is 13.1 Å². The quantitative estimate of drug-likeness (QED) is 0.800. The number of alkyl halides is 3. The van der Waals surface area contributed by atoms with E-state index in [9.17, 15) is 18.0 Å². The van der Waals surface area contributed by atoms with Gasteiger partial charge in [0.2, 0.25) is 0 Å². The van der Waals surface area contributed by atoms with Crippen molar-refractivity contribution < 1.29 is 18.0 Å². The van der Waals surface area contributed by atoms with Gasteiger partial charge in [-0.05, 0) is 25.0 Å². The number of carbonyl (C=O) groups excluding carboxylic acids is 1. The Kier molecular flexibility index (Phi) is 4.20. The van der Waals surface area contributed by atoms with Gasteiger partial charge >= 0.3 is 12.2 Å². The Morgan fingerprint density at radius 2 is 2.00 bits per heavy atom. The summed E-state index contributed by atoms with van der Waals surface area (Å²) < 4.78 is 39.7. The van der Waals surface area contributed by atoms with Crippen molar-refractivity contribution >= 4 is 17.4 Å². The molecule has 3 heterocycles. The lowest BCUT2D eigenvalue weighted by Gasteiger charge is -2.11. The number of hydrogen-bond acceptors (Lipinski definition) is 3. The van der Waals surface area contributed by atoms with Crippen molar-refractivity contribution in [2.45, 2.75) is 19.0 Å². The molecule has 0 aromatic carbocycles. The first-order chi connectivity index (χ1) is 10.9. The Balaban J connectivity index is 1.96. The monoisotopic (exact) mass is 342 g/mol. The molecule has 0 bridgehead atoms. The molecule has 0 spiro atoms. The molecule has 1 saturated heterocycles. The fourth-order valence-electron chi connectivity index (χ4n) is 2.30. The Morgan fingerprint density at radius 1 is 1.26 bits per heavy atom. The van der Waals surface area contributed by atoms with E-state index in [1.54, 1.807) is 16.5 Å². The Labute approximate surface area is 133 Å². The van der Waals surface area contributed by atoms with Gasteiger partial charge in [-0.3, -0.25) is 4.57 Å². The number of hydrogen-bond donors (Lipinski definition) is 0. The van der Waals surface area contributed by atoms with E-state index >= 15 is 0 Å². The highest BCUT2D eigenvalue weighted by molar-refractivity contribution is 7.07. The lowest BCUT2D eigenvalue weighted by Crippen LogP contribution is -2.27. The van der Waals surface area contributed by atoms with E-state index in [4.69, 9.17) is 0 Å². The second-order valence-electron chi connectivity index (χ2n) is 5.02. The van der Waals surface area contributed by atoms with Crippen molar-refractivity contribution in [1.82, 2.24) is 14.5 Å². The topological polar surface area (TPSA) is 50.5 Å². The molecule has 1 aliphatic heterocycles. The summed E-state index contributed by atoms with van der Waals surface area (Å²) in [6.45, 7) is 1.32. The smallest absolute Gasteiger partial charge is 0.323 e. The molecule has 0 saturated carbocycles. The maximum atomic E-state index is 12.8. The van der Waals surface area contributed by atoms with Crippen LogP contribution in [0.1, 0.15) is 18.5 Å². The number of carbonyl (C=O) groups is 1. The number of likely N-dealkylation sites (tertiary alicyclic amines) is 1. The van der Waals surface area contributed by atoms with Crippen LogP contribution in [0, 0.1) is 0 Å². The maximum Gasteiger partial charge on any atom is 0.433 e. The summed E-state index contributed by atoms with van der Waals surface area (Å²) in [4.78, 5) is 21.6. The zero-order chi connectivity index (χ0) is 16.4. The number of rotatable bonds is 1. The van der Waals surface area contributed by atoms with Gasteiger partial charge < -0.3 is 4.90 Å². The van der Waals surface area contributed by atoms with Gasteiger partial charge in [0.15, 0.2) is 4.80 Å². The van der Waals surface area contributed by atoms with E-state index < -0.39 is 11.9 Å². The van der Waals surface area contributed by atoms with E-state index in [2.05, 4.69) is 9.98 Å². The molecule has 0 N–H and O–H groups in total. The van der Waals surface area contributed by atoms with Gasteiger partial charge in [-0.2, -0.15) is 18.2 Å². The highest BCUT2D eigenvalue weighted by atomic mass is 32.1. The molecule has 3 rings (SSSR count). The van der Waals surface area contributed by atoms with Gasteiger partial charge in [0, 0.05) is 24.7 Å². The standard InChI is InChI=1S/C14H13F3N4OS/c15-14(16,17)10-4-3-5-11(18-10)21-8-9-23-13(21)19-12(22)20-6-1-2-7-20/h3-5,8-9H,1-2,6-7H2/b19-13-. The molecular weight excluding hydrogens is 329 g/mol. The molecule has 122 valence electrons. The van der Waals surface area contributed by atoms with Crippen molar-refractivity contribution in [1.29, 1.82) is 0 Å². The number of thiazole rings is 1. The summed E-state index contributed by atoms with van der Waals surface area (Å²) in [7, 11) is 0. The normalized spacial score (nSPS) is 16.1. The predicted octanol–water partition coefficient (Wildman–Crippen LogP) is 3.07. The van der Waals surface area contributed by atoms with Crippen LogP contribution >= 0.6 is 11.3 Å².